The van der Waals surface area contributed by atoms with Crippen LogP contribution in [0.5, 0.6) is 0 Å². The Morgan fingerprint density at radius 3 is 2.60 bits per heavy atom. The van der Waals surface area contributed by atoms with Gasteiger partial charge in [0.1, 0.15) is 5.52 Å². The molecule has 0 saturated carbocycles. The lowest BCUT2D eigenvalue weighted by molar-refractivity contribution is -0.137. The minimum Gasteiger partial charge on any atom is -0.481 e. The molecule has 6 nitrogen and oxygen atoms in total. The Kier molecular flexibility index (Phi) is 4.45. The molecule has 1 N–H and O–H groups in total. The molecule has 0 aliphatic rings. The molecule has 1 aromatic heterocycles. The van der Waals surface area contributed by atoms with Crippen molar-refractivity contribution in [1.82, 2.24) is 15.2 Å². The number of nitrogens with zero attached hydrogens (tertiary/aromatic N) is 4. The number of aromatic nitrogens is 3. The Balaban J connectivity index is 2.20. The highest BCUT2D eigenvalue weighted by molar-refractivity contribution is 5.74. The van der Waals surface area contributed by atoms with Crippen LogP contribution < -0.4 is 4.90 Å². The van der Waals surface area contributed by atoms with Crippen molar-refractivity contribution in [2.45, 2.75) is 32.7 Å². The molecule has 6 heteroatoms. The standard InChI is InChI=1S/C14H18N4O2/c1-10(2)18(9-5-8-13(19)20)14-15-11-6-3-4-7-12(11)16-17-14/h3-4,6-7,10H,5,8-9H2,1-2H3,(H,19,20). The molecule has 0 atom stereocenters. The van der Waals surface area contributed by atoms with Gasteiger partial charge in [0.05, 0.1) is 5.52 Å². The van der Waals surface area contributed by atoms with Crippen molar-refractivity contribution in [2.75, 3.05) is 11.4 Å². The number of hydrogen-bond donors (Lipinski definition) is 1. The van der Waals surface area contributed by atoms with E-state index in [0.29, 0.717) is 18.9 Å². The lowest BCUT2D eigenvalue weighted by Crippen LogP contribution is -2.33. The lowest BCUT2D eigenvalue weighted by atomic mass is 10.2. The summed E-state index contributed by atoms with van der Waals surface area (Å²) in [6, 6.07) is 7.75. The largest absolute Gasteiger partial charge is 0.481 e. The number of carbonyl (C=O) groups is 1. The summed E-state index contributed by atoms with van der Waals surface area (Å²) in [5.74, 6) is -0.240. The van der Waals surface area contributed by atoms with Crippen molar-refractivity contribution in [3.8, 4) is 0 Å². The molecule has 106 valence electrons. The van der Waals surface area contributed by atoms with Gasteiger partial charge < -0.3 is 10.0 Å². The molecule has 20 heavy (non-hydrogen) atoms. The number of carboxylic acids is 1. The Morgan fingerprint density at radius 1 is 1.25 bits per heavy atom. The maximum absolute atomic E-state index is 10.6. The zero-order valence-electron chi connectivity index (χ0n) is 11.7. The van der Waals surface area contributed by atoms with E-state index in [2.05, 4.69) is 15.2 Å². The first-order valence-corrected chi connectivity index (χ1v) is 6.66. The number of aliphatic carboxylic acids is 1. The van der Waals surface area contributed by atoms with Crippen LogP contribution in [-0.4, -0.2) is 38.8 Å². The topological polar surface area (TPSA) is 79.2 Å². The van der Waals surface area contributed by atoms with E-state index in [0.717, 1.165) is 11.0 Å². The molecule has 0 spiro atoms. The van der Waals surface area contributed by atoms with Crippen LogP contribution >= 0.6 is 0 Å². The molecule has 0 saturated heterocycles. The van der Waals surface area contributed by atoms with E-state index in [1.54, 1.807) is 0 Å². The van der Waals surface area contributed by atoms with E-state index in [1.807, 2.05) is 43.0 Å². The van der Waals surface area contributed by atoms with Crippen LogP contribution in [0.25, 0.3) is 11.0 Å². The summed E-state index contributed by atoms with van der Waals surface area (Å²) >= 11 is 0. The minimum atomic E-state index is -0.786. The third kappa shape index (κ3) is 3.40. The Bertz CT molecular complexity index is 600. The highest BCUT2D eigenvalue weighted by atomic mass is 16.4. The second-order valence-electron chi connectivity index (χ2n) is 4.88. The van der Waals surface area contributed by atoms with Gasteiger partial charge in [0.25, 0.3) is 0 Å². The molecular weight excluding hydrogens is 256 g/mol. The Labute approximate surface area is 117 Å². The van der Waals surface area contributed by atoms with Crippen LogP contribution in [-0.2, 0) is 4.79 Å². The van der Waals surface area contributed by atoms with Crippen LogP contribution in [0.15, 0.2) is 24.3 Å². The number of anilines is 1. The van der Waals surface area contributed by atoms with Crippen molar-refractivity contribution < 1.29 is 9.90 Å². The summed E-state index contributed by atoms with van der Waals surface area (Å²) in [6.45, 7) is 4.66. The van der Waals surface area contributed by atoms with E-state index in [-0.39, 0.29) is 12.5 Å². The highest BCUT2D eigenvalue weighted by Gasteiger charge is 2.15. The number of carboxylic acid groups (broad SMARTS) is 1. The number of para-hydroxylation sites is 1. The zero-order valence-corrected chi connectivity index (χ0v) is 11.7. The molecule has 0 aliphatic heterocycles. The summed E-state index contributed by atoms with van der Waals surface area (Å²) in [7, 11) is 0. The van der Waals surface area contributed by atoms with Crippen LogP contribution in [0.3, 0.4) is 0 Å². The molecular formula is C14H18N4O2. The third-order valence-corrected chi connectivity index (χ3v) is 3.02. The molecule has 0 bridgehead atoms. The average Bonchev–Trinajstić information content (AvgIpc) is 2.42. The molecule has 0 aliphatic carbocycles. The fourth-order valence-electron chi connectivity index (χ4n) is 1.98. The number of benzene rings is 1. The van der Waals surface area contributed by atoms with Crippen molar-refractivity contribution >= 4 is 23.0 Å². The molecule has 2 aromatic rings. The fraction of sp³-hybridized carbons (Fsp3) is 0.429. The van der Waals surface area contributed by atoms with Gasteiger partial charge in [-0.1, -0.05) is 12.1 Å². The summed E-state index contributed by atoms with van der Waals surface area (Å²) in [4.78, 5) is 17.1. The normalized spacial score (nSPS) is 10.9. The quantitative estimate of drug-likeness (QED) is 0.869. The van der Waals surface area contributed by atoms with Crippen molar-refractivity contribution in [3.63, 3.8) is 0 Å². The minimum absolute atomic E-state index is 0.143. The SMILES string of the molecule is CC(C)N(CCCC(=O)O)c1nnc2ccccc2n1. The Morgan fingerprint density at radius 2 is 1.95 bits per heavy atom. The van der Waals surface area contributed by atoms with Gasteiger partial charge in [-0.25, -0.2) is 4.98 Å². The summed E-state index contributed by atoms with van der Waals surface area (Å²) < 4.78 is 0. The molecule has 1 aromatic carbocycles. The van der Waals surface area contributed by atoms with Crippen LogP contribution in [0, 0.1) is 0 Å². The summed E-state index contributed by atoms with van der Waals surface area (Å²) in [5.41, 5.74) is 1.55. The van der Waals surface area contributed by atoms with Gasteiger partial charge in [0.2, 0.25) is 5.95 Å². The van der Waals surface area contributed by atoms with Gasteiger partial charge in [-0.2, -0.15) is 0 Å². The maximum atomic E-state index is 10.6. The highest BCUT2D eigenvalue weighted by Crippen LogP contribution is 2.15. The molecule has 2 rings (SSSR count). The van der Waals surface area contributed by atoms with Gasteiger partial charge in [-0.3, -0.25) is 4.79 Å². The number of hydrogen-bond acceptors (Lipinski definition) is 5. The summed E-state index contributed by atoms with van der Waals surface area (Å²) in [5, 5.41) is 17.0. The number of rotatable bonds is 6. The van der Waals surface area contributed by atoms with E-state index in [9.17, 15) is 4.79 Å². The third-order valence-electron chi connectivity index (χ3n) is 3.02. The average molecular weight is 274 g/mol. The molecule has 0 amide bonds. The molecule has 0 radical (unpaired) electrons. The van der Waals surface area contributed by atoms with Crippen LogP contribution in [0.4, 0.5) is 5.95 Å². The second kappa shape index (κ2) is 6.27. The van der Waals surface area contributed by atoms with Crippen molar-refractivity contribution in [2.24, 2.45) is 0 Å². The monoisotopic (exact) mass is 274 g/mol. The predicted molar refractivity (Wildman–Crippen MR) is 76.7 cm³/mol. The zero-order chi connectivity index (χ0) is 14.5. The van der Waals surface area contributed by atoms with E-state index < -0.39 is 5.97 Å². The lowest BCUT2D eigenvalue weighted by Gasteiger charge is -2.26. The van der Waals surface area contributed by atoms with Crippen molar-refractivity contribution in [1.29, 1.82) is 0 Å². The van der Waals surface area contributed by atoms with Gasteiger partial charge >= 0.3 is 5.97 Å². The van der Waals surface area contributed by atoms with Gasteiger partial charge in [0.15, 0.2) is 0 Å². The summed E-state index contributed by atoms with van der Waals surface area (Å²) in [6.07, 6.45) is 0.702. The van der Waals surface area contributed by atoms with Crippen LogP contribution in [0.1, 0.15) is 26.7 Å². The van der Waals surface area contributed by atoms with E-state index in [1.165, 1.54) is 0 Å². The first kappa shape index (κ1) is 14.2. The van der Waals surface area contributed by atoms with E-state index in [4.69, 9.17) is 5.11 Å². The van der Waals surface area contributed by atoms with Crippen LogP contribution in [0.2, 0.25) is 0 Å². The molecule has 0 unspecified atom stereocenters. The predicted octanol–water partition coefficient (Wildman–Crippen LogP) is 2.10. The fourth-order valence-corrected chi connectivity index (χ4v) is 1.98. The first-order valence-electron chi connectivity index (χ1n) is 6.66. The van der Waals surface area contributed by atoms with Gasteiger partial charge in [0, 0.05) is 19.0 Å². The van der Waals surface area contributed by atoms with Gasteiger partial charge in [-0.15, -0.1) is 10.2 Å². The van der Waals surface area contributed by atoms with Crippen molar-refractivity contribution in [3.05, 3.63) is 24.3 Å². The Hall–Kier alpha value is -2.24. The van der Waals surface area contributed by atoms with Gasteiger partial charge in [-0.05, 0) is 32.4 Å². The first-order chi connectivity index (χ1) is 9.58. The van der Waals surface area contributed by atoms with E-state index >= 15 is 0 Å². The molecule has 1 heterocycles. The molecule has 0 fully saturated rings. The smallest absolute Gasteiger partial charge is 0.303 e. The maximum Gasteiger partial charge on any atom is 0.303 e. The second-order valence-corrected chi connectivity index (χ2v) is 4.88. The number of fused-ring (bicyclic) bond motifs is 1.